The van der Waals surface area contributed by atoms with Gasteiger partial charge in [-0.3, -0.25) is 4.57 Å². The number of hydrogen-bond acceptors (Lipinski definition) is 1. The molecule has 0 atom stereocenters. The van der Waals surface area contributed by atoms with Crippen LogP contribution in [0.2, 0.25) is 0 Å². The second kappa shape index (κ2) is 37.9. The Labute approximate surface area is 282 Å². The molecule has 0 aliphatic heterocycles. The lowest BCUT2D eigenvalue weighted by Crippen LogP contribution is -1.88. The fourth-order valence-corrected chi connectivity index (χ4v) is 7.42. The topological polar surface area (TPSA) is 57.5 Å². The van der Waals surface area contributed by atoms with Gasteiger partial charge < -0.3 is 9.79 Å². The largest absolute Gasteiger partial charge is 0.325 e. The van der Waals surface area contributed by atoms with Crippen LogP contribution in [0.5, 0.6) is 0 Å². The zero-order chi connectivity index (χ0) is 32.1. The Morgan fingerprint density at radius 3 is 0.545 bits per heavy atom. The smallest absolute Gasteiger partial charge is 0.324 e. The van der Waals surface area contributed by atoms with Crippen molar-refractivity contribution in [1.29, 1.82) is 0 Å². The standard InChI is InChI=1S/C39H80ClO3P/c40-38-36-34-32-30-28-26-24-22-20-18-16-14-12-10-8-6-4-2-1-3-5-7-9-11-13-15-17-19-21-23-25-27-29-31-33-35-37-39-44(41,42)43/h1-39H2,(H2,41,42,43). The quantitative estimate of drug-likeness (QED) is 0.0391. The SMILES string of the molecule is O=P(O)(O)CCCCCCCCCCCCCCCCCCCCCCCCCCCCCCCCCCCCCCCCl. The number of alkyl halides is 1. The Balaban J connectivity index is 3.05. The molecular formula is C39H80ClO3P. The lowest BCUT2D eigenvalue weighted by Gasteiger charge is -2.05. The van der Waals surface area contributed by atoms with Crippen LogP contribution in [-0.4, -0.2) is 21.8 Å². The normalized spacial score (nSPS) is 12.0. The van der Waals surface area contributed by atoms with Gasteiger partial charge in [0.15, 0.2) is 0 Å². The molecule has 0 aromatic carbocycles. The molecule has 266 valence electrons. The summed E-state index contributed by atoms with van der Waals surface area (Å²) in [5.41, 5.74) is 0. The van der Waals surface area contributed by atoms with Crippen LogP contribution >= 0.6 is 19.2 Å². The molecule has 0 bridgehead atoms. The molecule has 0 saturated heterocycles. The van der Waals surface area contributed by atoms with Crippen molar-refractivity contribution in [2.75, 3.05) is 12.0 Å². The lowest BCUT2D eigenvalue weighted by atomic mass is 10.0. The summed E-state index contributed by atoms with van der Waals surface area (Å²) in [7, 11) is -3.77. The Kier molecular flexibility index (Phi) is 38.3. The first kappa shape index (κ1) is 44.4. The molecule has 2 N–H and O–H groups in total. The average Bonchev–Trinajstić information content (AvgIpc) is 3.00. The van der Waals surface area contributed by atoms with E-state index in [1.807, 2.05) is 0 Å². The molecule has 0 spiro atoms. The zero-order valence-corrected chi connectivity index (χ0v) is 31.4. The van der Waals surface area contributed by atoms with Gasteiger partial charge in [0.2, 0.25) is 0 Å². The maximum Gasteiger partial charge on any atom is 0.325 e. The molecule has 0 amide bonds. The molecule has 0 aromatic heterocycles. The first-order valence-corrected chi connectivity index (χ1v) is 22.5. The Hall–Kier alpha value is 0.440. The van der Waals surface area contributed by atoms with Crippen molar-refractivity contribution in [3.63, 3.8) is 0 Å². The molecule has 0 fully saturated rings. The van der Waals surface area contributed by atoms with Crippen LogP contribution in [0.4, 0.5) is 0 Å². The van der Waals surface area contributed by atoms with Crippen molar-refractivity contribution < 1.29 is 14.4 Å². The molecule has 5 heteroatoms. The predicted molar refractivity (Wildman–Crippen MR) is 198 cm³/mol. The van der Waals surface area contributed by atoms with Crippen LogP contribution in [-0.2, 0) is 4.57 Å². The van der Waals surface area contributed by atoms with E-state index in [4.69, 9.17) is 21.4 Å². The van der Waals surface area contributed by atoms with Crippen molar-refractivity contribution in [1.82, 2.24) is 0 Å². The molecule has 0 radical (unpaired) electrons. The average molecular weight is 663 g/mol. The molecule has 0 aliphatic carbocycles. The summed E-state index contributed by atoms with van der Waals surface area (Å²) in [6, 6.07) is 0. The van der Waals surface area contributed by atoms with Gasteiger partial charge in [-0.2, -0.15) is 0 Å². The van der Waals surface area contributed by atoms with Gasteiger partial charge in [-0.05, 0) is 12.8 Å². The maximum atomic E-state index is 10.8. The van der Waals surface area contributed by atoms with Crippen molar-refractivity contribution in [3.8, 4) is 0 Å². The second-order valence-electron chi connectivity index (χ2n) is 14.2. The summed E-state index contributed by atoms with van der Waals surface area (Å²) in [4.78, 5) is 17.7. The van der Waals surface area contributed by atoms with Crippen LogP contribution in [0.1, 0.15) is 238 Å². The van der Waals surface area contributed by atoms with Gasteiger partial charge in [0.1, 0.15) is 0 Å². The second-order valence-corrected chi connectivity index (χ2v) is 16.3. The first-order chi connectivity index (χ1) is 21.6. The van der Waals surface area contributed by atoms with Crippen molar-refractivity contribution in [3.05, 3.63) is 0 Å². The minimum absolute atomic E-state index is 0.0609. The molecule has 0 unspecified atom stereocenters. The summed E-state index contributed by atoms with van der Waals surface area (Å²) in [5.74, 6) is 0.839. The molecule has 0 aromatic rings. The van der Waals surface area contributed by atoms with Crippen LogP contribution in [0.15, 0.2) is 0 Å². The third-order valence-electron chi connectivity index (χ3n) is 9.58. The number of unbranched alkanes of at least 4 members (excludes halogenated alkanes) is 36. The molecule has 0 saturated carbocycles. The third kappa shape index (κ3) is 42.4. The Morgan fingerprint density at radius 2 is 0.409 bits per heavy atom. The van der Waals surface area contributed by atoms with E-state index in [0.29, 0.717) is 6.42 Å². The Bertz CT molecular complexity index is 568. The van der Waals surface area contributed by atoms with Gasteiger partial charge in [-0.1, -0.05) is 225 Å². The van der Waals surface area contributed by atoms with Crippen LogP contribution in [0.25, 0.3) is 0 Å². The van der Waals surface area contributed by atoms with Gasteiger partial charge >= 0.3 is 7.60 Å². The highest BCUT2D eigenvalue weighted by molar-refractivity contribution is 7.51. The highest BCUT2D eigenvalue weighted by Crippen LogP contribution is 2.35. The summed E-state index contributed by atoms with van der Waals surface area (Å²) >= 11 is 5.73. The third-order valence-corrected chi connectivity index (χ3v) is 10.7. The van der Waals surface area contributed by atoms with Gasteiger partial charge in [0.05, 0.1) is 0 Å². The predicted octanol–water partition coefficient (Wildman–Crippen LogP) is 14.8. The molecule has 0 rings (SSSR count). The lowest BCUT2D eigenvalue weighted by molar-refractivity contribution is 0.370. The number of halogens is 1. The molecule has 0 aliphatic rings. The maximum absolute atomic E-state index is 10.8. The number of hydrogen-bond donors (Lipinski definition) is 2. The Morgan fingerprint density at radius 1 is 0.273 bits per heavy atom. The fraction of sp³-hybridized carbons (Fsp3) is 1.00. The highest BCUT2D eigenvalue weighted by Gasteiger charge is 2.10. The highest BCUT2D eigenvalue weighted by atomic mass is 35.5. The van der Waals surface area contributed by atoms with Gasteiger partial charge in [-0.25, -0.2) is 0 Å². The van der Waals surface area contributed by atoms with E-state index in [0.717, 1.165) is 18.7 Å². The van der Waals surface area contributed by atoms with Crippen molar-refractivity contribution >= 4 is 19.2 Å². The number of rotatable bonds is 39. The summed E-state index contributed by atoms with van der Waals surface area (Å²) in [6.07, 6.45) is 51.1. The van der Waals surface area contributed by atoms with E-state index in [9.17, 15) is 4.57 Å². The molecule has 44 heavy (non-hydrogen) atoms. The molecule has 3 nitrogen and oxygen atoms in total. The van der Waals surface area contributed by atoms with E-state index < -0.39 is 7.60 Å². The fourth-order valence-electron chi connectivity index (χ4n) is 6.60. The van der Waals surface area contributed by atoms with E-state index in [1.165, 1.54) is 218 Å². The minimum Gasteiger partial charge on any atom is -0.324 e. The van der Waals surface area contributed by atoms with Crippen molar-refractivity contribution in [2.24, 2.45) is 0 Å². The van der Waals surface area contributed by atoms with E-state index in [1.54, 1.807) is 0 Å². The van der Waals surface area contributed by atoms with E-state index in [-0.39, 0.29) is 6.16 Å². The van der Waals surface area contributed by atoms with Gasteiger partial charge in [0.25, 0.3) is 0 Å². The van der Waals surface area contributed by atoms with Gasteiger partial charge in [0, 0.05) is 12.0 Å². The minimum atomic E-state index is -3.77. The summed E-state index contributed by atoms with van der Waals surface area (Å²) < 4.78 is 10.8. The molecule has 0 heterocycles. The van der Waals surface area contributed by atoms with Crippen LogP contribution in [0.3, 0.4) is 0 Å². The first-order valence-electron chi connectivity index (χ1n) is 20.2. The zero-order valence-electron chi connectivity index (χ0n) is 29.7. The summed E-state index contributed by atoms with van der Waals surface area (Å²) in [5, 5.41) is 0. The van der Waals surface area contributed by atoms with E-state index >= 15 is 0 Å². The van der Waals surface area contributed by atoms with Gasteiger partial charge in [-0.15, -0.1) is 11.6 Å². The van der Waals surface area contributed by atoms with E-state index in [2.05, 4.69) is 0 Å². The van der Waals surface area contributed by atoms with Crippen molar-refractivity contribution in [2.45, 2.75) is 238 Å². The summed E-state index contributed by atoms with van der Waals surface area (Å²) in [6.45, 7) is 0. The monoisotopic (exact) mass is 663 g/mol. The van der Waals surface area contributed by atoms with Crippen LogP contribution < -0.4 is 0 Å². The van der Waals surface area contributed by atoms with Crippen LogP contribution in [0, 0.1) is 0 Å². The molecular weight excluding hydrogens is 583 g/mol.